The van der Waals surface area contributed by atoms with E-state index in [1.807, 2.05) is 35.7 Å². The fraction of sp³-hybridized carbons (Fsp3) is 0.353. The molecule has 1 heterocycles. The van der Waals surface area contributed by atoms with Crippen LogP contribution < -0.4 is 11.1 Å². The van der Waals surface area contributed by atoms with Crippen molar-refractivity contribution in [1.29, 1.82) is 0 Å². The minimum atomic E-state index is -0.429. The van der Waals surface area contributed by atoms with Crippen molar-refractivity contribution in [2.45, 2.75) is 25.7 Å². The first-order valence-corrected chi connectivity index (χ1v) is 8.47. The Hall–Kier alpha value is -2.01. The van der Waals surface area contributed by atoms with Gasteiger partial charge in [0.1, 0.15) is 0 Å². The predicted molar refractivity (Wildman–Crippen MR) is 91.1 cm³/mol. The summed E-state index contributed by atoms with van der Waals surface area (Å²) in [6.45, 7) is 0.496. The van der Waals surface area contributed by atoms with E-state index in [2.05, 4.69) is 5.32 Å². The molecular weight excluding hydrogens is 296 g/mol. The molecule has 0 atom stereocenters. The van der Waals surface area contributed by atoms with Gasteiger partial charge in [0.2, 0.25) is 0 Å². The van der Waals surface area contributed by atoms with E-state index in [9.17, 15) is 4.79 Å². The molecule has 4 nitrogen and oxygen atoms in total. The van der Waals surface area contributed by atoms with Gasteiger partial charge in [-0.05, 0) is 47.9 Å². The summed E-state index contributed by atoms with van der Waals surface area (Å²) in [5.41, 5.74) is 8.12. The number of hydrogen-bond acceptors (Lipinski definition) is 4. The van der Waals surface area contributed by atoms with Crippen molar-refractivity contribution in [1.82, 2.24) is 0 Å². The molecule has 3 N–H and O–H groups in total. The number of carbonyl (C=O) groups excluding carboxylic acids is 1. The van der Waals surface area contributed by atoms with Crippen LogP contribution in [0.15, 0.2) is 35.7 Å². The predicted octanol–water partition coefficient (Wildman–Crippen LogP) is 4.74. The molecule has 1 fully saturated rings. The zero-order valence-electron chi connectivity index (χ0n) is 12.4. The summed E-state index contributed by atoms with van der Waals surface area (Å²) in [5, 5.41) is 4.78. The van der Waals surface area contributed by atoms with Crippen LogP contribution in [0, 0.1) is 5.92 Å². The molecule has 1 aromatic carbocycles. The second kappa shape index (κ2) is 6.83. The van der Waals surface area contributed by atoms with E-state index in [0.717, 1.165) is 23.3 Å². The Morgan fingerprint density at radius 2 is 2.14 bits per heavy atom. The van der Waals surface area contributed by atoms with Crippen LogP contribution in [0.3, 0.4) is 0 Å². The smallest absolute Gasteiger partial charge is 0.411 e. The fourth-order valence-corrected chi connectivity index (χ4v) is 3.50. The van der Waals surface area contributed by atoms with Crippen LogP contribution in [-0.2, 0) is 4.74 Å². The van der Waals surface area contributed by atoms with Crippen LogP contribution in [0.4, 0.5) is 16.2 Å². The fourth-order valence-electron chi connectivity index (χ4n) is 2.78. The minimum Gasteiger partial charge on any atom is -0.449 e. The summed E-state index contributed by atoms with van der Waals surface area (Å²) in [6, 6.07) is 9.69. The van der Waals surface area contributed by atoms with Crippen LogP contribution in [0.2, 0.25) is 0 Å². The topological polar surface area (TPSA) is 64.3 Å². The Morgan fingerprint density at radius 1 is 1.32 bits per heavy atom. The van der Waals surface area contributed by atoms with Crippen molar-refractivity contribution >= 4 is 28.8 Å². The maximum absolute atomic E-state index is 11.9. The molecule has 116 valence electrons. The number of benzene rings is 1. The van der Waals surface area contributed by atoms with E-state index in [1.54, 1.807) is 11.3 Å². The number of amides is 1. The van der Waals surface area contributed by atoms with Gasteiger partial charge < -0.3 is 10.5 Å². The number of hydrogen-bond donors (Lipinski definition) is 2. The molecule has 0 aliphatic heterocycles. The molecule has 22 heavy (non-hydrogen) atoms. The van der Waals surface area contributed by atoms with Gasteiger partial charge in [-0.3, -0.25) is 5.32 Å². The van der Waals surface area contributed by atoms with Crippen molar-refractivity contribution in [2.24, 2.45) is 5.92 Å². The average molecular weight is 316 g/mol. The molecule has 1 aromatic heterocycles. The van der Waals surface area contributed by atoms with Gasteiger partial charge >= 0.3 is 6.09 Å². The van der Waals surface area contributed by atoms with Crippen molar-refractivity contribution in [3.63, 3.8) is 0 Å². The summed E-state index contributed by atoms with van der Waals surface area (Å²) < 4.78 is 5.31. The zero-order chi connectivity index (χ0) is 15.4. The maximum atomic E-state index is 11.9. The Balaban J connectivity index is 1.63. The van der Waals surface area contributed by atoms with Crippen molar-refractivity contribution < 1.29 is 9.53 Å². The number of carbonyl (C=O) groups is 1. The molecule has 1 aliphatic rings. The van der Waals surface area contributed by atoms with E-state index in [0.29, 0.717) is 23.9 Å². The number of ether oxygens (including phenoxy) is 1. The Kier molecular flexibility index (Phi) is 4.63. The average Bonchev–Trinajstić information content (AvgIpc) is 3.21. The number of nitrogens with one attached hydrogen (secondary N) is 1. The van der Waals surface area contributed by atoms with Crippen LogP contribution in [0.1, 0.15) is 25.7 Å². The van der Waals surface area contributed by atoms with Gasteiger partial charge in [-0.1, -0.05) is 25.0 Å². The SMILES string of the molecule is Nc1ccc(-c2cccs2)cc1NC(=O)OCC1CCCC1. The third kappa shape index (κ3) is 3.60. The third-order valence-electron chi connectivity index (χ3n) is 4.02. The first-order chi connectivity index (χ1) is 10.7. The van der Waals surface area contributed by atoms with Gasteiger partial charge in [0.15, 0.2) is 0 Å². The summed E-state index contributed by atoms with van der Waals surface area (Å²) >= 11 is 1.65. The Morgan fingerprint density at radius 3 is 2.86 bits per heavy atom. The second-order valence-electron chi connectivity index (χ2n) is 5.65. The van der Waals surface area contributed by atoms with Gasteiger partial charge in [0.25, 0.3) is 0 Å². The maximum Gasteiger partial charge on any atom is 0.411 e. The number of anilines is 2. The lowest BCUT2D eigenvalue weighted by Gasteiger charge is -2.13. The van der Waals surface area contributed by atoms with Crippen molar-refractivity contribution in [3.05, 3.63) is 35.7 Å². The van der Waals surface area contributed by atoms with E-state index in [1.165, 1.54) is 12.8 Å². The highest BCUT2D eigenvalue weighted by Gasteiger charge is 2.17. The summed E-state index contributed by atoms with van der Waals surface area (Å²) in [4.78, 5) is 13.1. The van der Waals surface area contributed by atoms with Crippen molar-refractivity contribution in [3.8, 4) is 10.4 Å². The minimum absolute atomic E-state index is 0.429. The second-order valence-corrected chi connectivity index (χ2v) is 6.60. The third-order valence-corrected chi connectivity index (χ3v) is 4.94. The number of thiophene rings is 1. The van der Waals surface area contributed by atoms with Gasteiger partial charge in [-0.15, -0.1) is 11.3 Å². The van der Waals surface area contributed by atoms with Gasteiger partial charge in [0.05, 0.1) is 18.0 Å². The van der Waals surface area contributed by atoms with E-state index in [4.69, 9.17) is 10.5 Å². The van der Waals surface area contributed by atoms with Crippen LogP contribution in [0.5, 0.6) is 0 Å². The summed E-state index contributed by atoms with van der Waals surface area (Å²) in [7, 11) is 0. The largest absolute Gasteiger partial charge is 0.449 e. The molecule has 1 saturated carbocycles. The molecule has 0 unspecified atom stereocenters. The molecule has 1 amide bonds. The van der Waals surface area contributed by atoms with Crippen LogP contribution in [0.25, 0.3) is 10.4 Å². The molecule has 0 bridgehead atoms. The molecule has 3 rings (SSSR count). The van der Waals surface area contributed by atoms with Gasteiger partial charge in [-0.25, -0.2) is 4.79 Å². The van der Waals surface area contributed by atoms with Gasteiger partial charge in [0, 0.05) is 4.88 Å². The molecule has 1 aliphatic carbocycles. The van der Waals surface area contributed by atoms with E-state index in [-0.39, 0.29) is 0 Å². The van der Waals surface area contributed by atoms with E-state index < -0.39 is 6.09 Å². The monoisotopic (exact) mass is 316 g/mol. The zero-order valence-corrected chi connectivity index (χ0v) is 13.2. The lowest BCUT2D eigenvalue weighted by molar-refractivity contribution is 0.142. The highest BCUT2D eigenvalue weighted by molar-refractivity contribution is 7.13. The van der Waals surface area contributed by atoms with Crippen molar-refractivity contribution in [2.75, 3.05) is 17.7 Å². The van der Waals surface area contributed by atoms with Crippen LogP contribution in [-0.4, -0.2) is 12.7 Å². The van der Waals surface area contributed by atoms with Crippen LogP contribution >= 0.6 is 11.3 Å². The highest BCUT2D eigenvalue weighted by atomic mass is 32.1. The van der Waals surface area contributed by atoms with E-state index >= 15 is 0 Å². The number of nitrogen functional groups attached to an aromatic ring is 1. The first kappa shape index (κ1) is 14.9. The lowest BCUT2D eigenvalue weighted by Crippen LogP contribution is -2.18. The normalized spacial score (nSPS) is 14.9. The summed E-state index contributed by atoms with van der Waals surface area (Å²) in [5.74, 6) is 0.514. The highest BCUT2D eigenvalue weighted by Crippen LogP contribution is 2.30. The molecule has 2 aromatic rings. The molecule has 0 saturated heterocycles. The molecule has 5 heteroatoms. The Bertz CT molecular complexity index is 634. The lowest BCUT2D eigenvalue weighted by atomic mass is 10.1. The summed E-state index contributed by atoms with van der Waals surface area (Å²) in [6.07, 6.45) is 4.37. The molecule has 0 spiro atoms. The number of rotatable bonds is 4. The van der Waals surface area contributed by atoms with Gasteiger partial charge in [-0.2, -0.15) is 0 Å². The first-order valence-electron chi connectivity index (χ1n) is 7.59. The standard InChI is InChI=1S/C17H20N2O2S/c18-14-8-7-13(16-6-3-9-22-16)10-15(14)19-17(20)21-11-12-4-1-2-5-12/h3,6-10,12H,1-2,4-5,11,18H2,(H,19,20). The molecule has 0 radical (unpaired) electrons. The quantitative estimate of drug-likeness (QED) is 0.801. The Labute approximate surface area is 134 Å². The molecular formula is C17H20N2O2S. The number of nitrogens with two attached hydrogens (primary N) is 1.